The second-order valence-corrected chi connectivity index (χ2v) is 11.7. The molecule has 6 rings (SSSR count). The number of nitrogens with zero attached hydrogens (tertiary/aromatic N) is 5. The van der Waals surface area contributed by atoms with Crippen LogP contribution in [0.2, 0.25) is 0 Å². The highest BCUT2D eigenvalue weighted by molar-refractivity contribution is 7.89. The summed E-state index contributed by atoms with van der Waals surface area (Å²) in [6, 6.07) is 24.7. The van der Waals surface area contributed by atoms with Gasteiger partial charge in [-0.2, -0.15) is 4.31 Å². The summed E-state index contributed by atoms with van der Waals surface area (Å²) in [5.74, 6) is 0.699. The molecule has 0 spiro atoms. The molecular weight excluding hydrogens is 498 g/mol. The first-order valence-corrected chi connectivity index (χ1v) is 14.4. The minimum absolute atomic E-state index is 0.0906. The van der Waals surface area contributed by atoms with Gasteiger partial charge in [-0.15, -0.1) is 10.2 Å². The number of hydrogen-bond donors (Lipinski definition) is 0. The van der Waals surface area contributed by atoms with Crippen LogP contribution < -0.4 is 4.90 Å². The number of aromatic nitrogens is 2. The van der Waals surface area contributed by atoms with E-state index in [1.54, 1.807) is 29.2 Å². The number of hydrogen-bond acceptors (Lipinski definition) is 6. The van der Waals surface area contributed by atoms with E-state index in [1.165, 1.54) is 9.69 Å². The average molecular weight is 528 g/mol. The average Bonchev–Trinajstić information content (AvgIpc) is 3.53. The van der Waals surface area contributed by atoms with Gasteiger partial charge >= 0.3 is 0 Å². The lowest BCUT2D eigenvalue weighted by Crippen LogP contribution is -2.49. The van der Waals surface area contributed by atoms with Gasteiger partial charge in [-0.1, -0.05) is 42.5 Å². The Labute approximate surface area is 222 Å². The van der Waals surface area contributed by atoms with Gasteiger partial charge in [0.05, 0.1) is 10.6 Å². The van der Waals surface area contributed by atoms with E-state index in [-0.39, 0.29) is 10.8 Å². The van der Waals surface area contributed by atoms with Crippen molar-refractivity contribution in [3.8, 4) is 11.3 Å². The predicted molar refractivity (Wildman–Crippen MR) is 148 cm³/mol. The molecule has 0 radical (unpaired) electrons. The maximum Gasteiger partial charge on any atom is 0.253 e. The molecule has 0 saturated carbocycles. The largest absolute Gasteiger partial charge is 0.352 e. The number of anilines is 1. The number of fused-ring (bicyclic) bond motifs is 1. The second kappa shape index (κ2) is 10.2. The molecule has 194 valence electrons. The molecule has 3 aromatic carbocycles. The number of rotatable bonds is 5. The number of benzene rings is 3. The SMILES string of the molecule is O=C(c1ccc(S(=O)(=O)N2CCCC2)cc1)N1CCN(c2ccc(-c3cccc4ccccc34)nn2)CC1. The van der Waals surface area contributed by atoms with Crippen LogP contribution in [-0.4, -0.2) is 73.0 Å². The molecule has 3 heterocycles. The zero-order chi connectivity index (χ0) is 26.1. The Morgan fingerprint density at radius 3 is 2.13 bits per heavy atom. The van der Waals surface area contributed by atoms with Crippen molar-refractivity contribution in [2.75, 3.05) is 44.2 Å². The van der Waals surface area contributed by atoms with Gasteiger partial charge in [0, 0.05) is 50.4 Å². The van der Waals surface area contributed by atoms with Crippen LogP contribution in [0.1, 0.15) is 23.2 Å². The van der Waals surface area contributed by atoms with Gasteiger partial charge in [0.15, 0.2) is 5.82 Å². The Hall–Kier alpha value is -3.82. The van der Waals surface area contributed by atoms with E-state index in [0.29, 0.717) is 44.8 Å². The molecule has 1 aromatic heterocycles. The van der Waals surface area contributed by atoms with E-state index in [9.17, 15) is 13.2 Å². The highest BCUT2D eigenvalue weighted by Gasteiger charge is 2.28. The van der Waals surface area contributed by atoms with E-state index < -0.39 is 10.0 Å². The normalized spacial score (nSPS) is 16.7. The van der Waals surface area contributed by atoms with E-state index in [4.69, 9.17) is 0 Å². The van der Waals surface area contributed by atoms with Crippen LogP contribution in [0.3, 0.4) is 0 Å². The van der Waals surface area contributed by atoms with Crippen LogP contribution in [0.15, 0.2) is 83.8 Å². The summed E-state index contributed by atoms with van der Waals surface area (Å²) < 4.78 is 27.0. The minimum atomic E-state index is -3.49. The highest BCUT2D eigenvalue weighted by Crippen LogP contribution is 2.28. The van der Waals surface area contributed by atoms with Gasteiger partial charge in [-0.05, 0) is 60.0 Å². The molecule has 9 heteroatoms. The lowest BCUT2D eigenvalue weighted by molar-refractivity contribution is 0.0746. The fourth-order valence-corrected chi connectivity index (χ4v) is 6.77. The third-order valence-electron chi connectivity index (χ3n) is 7.41. The van der Waals surface area contributed by atoms with Crippen LogP contribution in [0.5, 0.6) is 0 Å². The Balaban J connectivity index is 1.10. The molecule has 0 bridgehead atoms. The summed E-state index contributed by atoms with van der Waals surface area (Å²) in [6.07, 6.45) is 1.78. The molecule has 0 N–H and O–H groups in total. The van der Waals surface area contributed by atoms with E-state index in [1.807, 2.05) is 30.3 Å². The number of carbonyl (C=O) groups is 1. The van der Waals surface area contributed by atoms with Crippen molar-refractivity contribution in [3.63, 3.8) is 0 Å². The molecular formula is C29H29N5O3S. The van der Waals surface area contributed by atoms with Gasteiger partial charge in [0.25, 0.3) is 5.91 Å². The standard InChI is InChI=1S/C29H29N5O3S/c35-29(23-10-12-24(13-11-23)38(36,37)34-16-3-4-17-34)33-20-18-32(19-21-33)28-15-14-27(30-31-28)26-9-5-7-22-6-1-2-8-25(22)26/h1-2,5-15H,3-4,16-21H2. The molecule has 2 aliphatic heterocycles. The molecule has 0 aliphatic carbocycles. The predicted octanol–water partition coefficient (Wildman–Crippen LogP) is 4.04. The Morgan fingerprint density at radius 2 is 1.42 bits per heavy atom. The monoisotopic (exact) mass is 527 g/mol. The van der Waals surface area contributed by atoms with E-state index in [0.717, 1.165) is 35.3 Å². The lowest BCUT2D eigenvalue weighted by atomic mass is 10.0. The first-order valence-electron chi connectivity index (χ1n) is 13.0. The second-order valence-electron chi connectivity index (χ2n) is 9.72. The Kier molecular flexibility index (Phi) is 6.55. The summed E-state index contributed by atoms with van der Waals surface area (Å²) in [5.41, 5.74) is 2.38. The summed E-state index contributed by atoms with van der Waals surface area (Å²) in [6.45, 7) is 3.52. The zero-order valence-electron chi connectivity index (χ0n) is 21.0. The summed E-state index contributed by atoms with van der Waals surface area (Å²) in [5, 5.41) is 11.3. The molecule has 2 saturated heterocycles. The number of carbonyl (C=O) groups excluding carboxylic acids is 1. The smallest absolute Gasteiger partial charge is 0.253 e. The topological polar surface area (TPSA) is 86.7 Å². The fraction of sp³-hybridized carbons (Fsp3) is 0.276. The molecule has 8 nitrogen and oxygen atoms in total. The van der Waals surface area contributed by atoms with Crippen molar-refractivity contribution in [2.45, 2.75) is 17.7 Å². The first-order chi connectivity index (χ1) is 18.5. The van der Waals surface area contributed by atoms with Gasteiger partial charge in [-0.3, -0.25) is 4.79 Å². The molecule has 2 aliphatic rings. The van der Waals surface area contributed by atoms with Gasteiger partial charge in [-0.25, -0.2) is 8.42 Å². The van der Waals surface area contributed by atoms with Crippen LogP contribution >= 0.6 is 0 Å². The van der Waals surface area contributed by atoms with Crippen LogP contribution in [0.4, 0.5) is 5.82 Å². The highest BCUT2D eigenvalue weighted by atomic mass is 32.2. The molecule has 0 unspecified atom stereocenters. The lowest BCUT2D eigenvalue weighted by Gasteiger charge is -2.35. The third-order valence-corrected chi connectivity index (χ3v) is 9.32. The number of sulfonamides is 1. The van der Waals surface area contributed by atoms with Crippen LogP contribution in [-0.2, 0) is 10.0 Å². The minimum Gasteiger partial charge on any atom is -0.352 e. The molecule has 38 heavy (non-hydrogen) atoms. The van der Waals surface area contributed by atoms with Crippen molar-refractivity contribution in [2.24, 2.45) is 0 Å². The Morgan fingerprint density at radius 1 is 0.711 bits per heavy atom. The van der Waals surface area contributed by atoms with Crippen molar-refractivity contribution in [1.82, 2.24) is 19.4 Å². The quantitative estimate of drug-likeness (QED) is 0.389. The number of amides is 1. The van der Waals surface area contributed by atoms with Crippen molar-refractivity contribution in [1.29, 1.82) is 0 Å². The molecule has 2 fully saturated rings. The molecule has 1 amide bonds. The fourth-order valence-electron chi connectivity index (χ4n) is 5.25. The van der Waals surface area contributed by atoms with Gasteiger partial charge in [0.2, 0.25) is 10.0 Å². The number of piperazine rings is 1. The summed E-state index contributed by atoms with van der Waals surface area (Å²) >= 11 is 0. The van der Waals surface area contributed by atoms with Crippen LogP contribution in [0.25, 0.3) is 22.0 Å². The van der Waals surface area contributed by atoms with Gasteiger partial charge in [0.1, 0.15) is 0 Å². The van der Waals surface area contributed by atoms with Crippen molar-refractivity contribution < 1.29 is 13.2 Å². The third kappa shape index (κ3) is 4.63. The maximum absolute atomic E-state index is 13.1. The zero-order valence-corrected chi connectivity index (χ0v) is 21.8. The first kappa shape index (κ1) is 24.5. The van der Waals surface area contributed by atoms with Crippen LogP contribution in [0, 0.1) is 0 Å². The molecule has 4 aromatic rings. The van der Waals surface area contributed by atoms with E-state index in [2.05, 4.69) is 39.4 Å². The summed E-state index contributed by atoms with van der Waals surface area (Å²) in [7, 11) is -3.49. The summed E-state index contributed by atoms with van der Waals surface area (Å²) in [4.78, 5) is 17.3. The van der Waals surface area contributed by atoms with Crippen molar-refractivity contribution in [3.05, 3.63) is 84.4 Å². The van der Waals surface area contributed by atoms with E-state index >= 15 is 0 Å². The van der Waals surface area contributed by atoms with Gasteiger partial charge < -0.3 is 9.80 Å². The Bertz CT molecular complexity index is 1550. The molecule has 0 atom stereocenters. The van der Waals surface area contributed by atoms with Crippen molar-refractivity contribution >= 4 is 32.5 Å². The maximum atomic E-state index is 13.1.